The molecule has 2 rings (SSSR count). The first kappa shape index (κ1) is 14.3. The van der Waals surface area contributed by atoms with Crippen molar-refractivity contribution in [2.24, 2.45) is 0 Å². The van der Waals surface area contributed by atoms with E-state index in [1.807, 2.05) is 11.9 Å². The number of halogens is 1. The lowest BCUT2D eigenvalue weighted by Crippen LogP contribution is -2.38. The van der Waals surface area contributed by atoms with Gasteiger partial charge in [0, 0.05) is 24.7 Å². The lowest BCUT2D eigenvalue weighted by atomic mass is 10.0. The van der Waals surface area contributed by atoms with E-state index >= 15 is 0 Å². The molecule has 0 aliphatic heterocycles. The molecule has 1 aromatic carbocycles. The third kappa shape index (κ3) is 3.67. The van der Waals surface area contributed by atoms with E-state index in [-0.39, 0.29) is 5.82 Å². The number of likely N-dealkylation sites (N-methyl/N-ethyl adjacent to an activating group) is 1. The Morgan fingerprint density at radius 3 is 2.63 bits per heavy atom. The van der Waals surface area contributed by atoms with Crippen molar-refractivity contribution >= 4 is 0 Å². The highest BCUT2D eigenvalue weighted by molar-refractivity contribution is 5.28. The second kappa shape index (κ2) is 5.88. The summed E-state index contributed by atoms with van der Waals surface area (Å²) in [5.74, 6) is 0.267. The van der Waals surface area contributed by atoms with Crippen LogP contribution in [0.1, 0.15) is 31.2 Å². The molecule has 0 radical (unpaired) electrons. The zero-order chi connectivity index (χ0) is 13.9. The van der Waals surface area contributed by atoms with Gasteiger partial charge >= 0.3 is 0 Å². The maximum Gasteiger partial charge on any atom is 0.131 e. The van der Waals surface area contributed by atoms with E-state index in [9.17, 15) is 9.50 Å². The molecule has 1 aromatic rings. The summed E-state index contributed by atoms with van der Waals surface area (Å²) in [7, 11) is 3.44. The van der Waals surface area contributed by atoms with E-state index in [0.29, 0.717) is 24.4 Å². The smallest absolute Gasteiger partial charge is 0.131 e. The van der Waals surface area contributed by atoms with Crippen molar-refractivity contribution in [3.05, 3.63) is 29.6 Å². The summed E-state index contributed by atoms with van der Waals surface area (Å²) in [5, 5.41) is 10.3. The standard InChI is InChI=1S/C15H22FNO2/c1-17(11-15(18)7-3-4-8-15)10-12-5-6-13(19-2)9-14(12)16/h5-6,9,18H,3-4,7-8,10-11H2,1-2H3. The first-order valence-electron chi connectivity index (χ1n) is 6.76. The van der Waals surface area contributed by atoms with Crippen molar-refractivity contribution in [2.45, 2.75) is 37.8 Å². The molecule has 0 unspecified atom stereocenters. The fraction of sp³-hybridized carbons (Fsp3) is 0.600. The Labute approximate surface area is 114 Å². The Kier molecular flexibility index (Phi) is 4.42. The quantitative estimate of drug-likeness (QED) is 0.890. The second-order valence-corrected chi connectivity index (χ2v) is 5.56. The molecule has 4 heteroatoms. The van der Waals surface area contributed by atoms with Gasteiger partial charge in [0.25, 0.3) is 0 Å². The maximum absolute atomic E-state index is 13.8. The summed E-state index contributed by atoms with van der Waals surface area (Å²) >= 11 is 0. The summed E-state index contributed by atoms with van der Waals surface area (Å²) in [6, 6.07) is 4.90. The molecule has 0 atom stereocenters. The SMILES string of the molecule is COc1ccc(CN(C)CC2(O)CCCC2)c(F)c1. The minimum absolute atomic E-state index is 0.260. The lowest BCUT2D eigenvalue weighted by molar-refractivity contribution is 0.0143. The Balaban J connectivity index is 1.96. The highest BCUT2D eigenvalue weighted by Gasteiger charge is 2.32. The normalized spacial score (nSPS) is 17.9. The number of ether oxygens (including phenoxy) is 1. The van der Waals surface area contributed by atoms with Gasteiger partial charge in [-0.25, -0.2) is 4.39 Å². The van der Waals surface area contributed by atoms with Crippen LogP contribution in [0.25, 0.3) is 0 Å². The molecule has 19 heavy (non-hydrogen) atoms. The van der Waals surface area contributed by atoms with Crippen LogP contribution in [-0.2, 0) is 6.54 Å². The van der Waals surface area contributed by atoms with Crippen LogP contribution >= 0.6 is 0 Å². The maximum atomic E-state index is 13.8. The number of methoxy groups -OCH3 is 1. The predicted octanol–water partition coefficient (Wildman–Crippen LogP) is 2.57. The third-order valence-electron chi connectivity index (χ3n) is 3.80. The predicted molar refractivity (Wildman–Crippen MR) is 72.7 cm³/mol. The van der Waals surface area contributed by atoms with Crippen LogP contribution in [0.4, 0.5) is 4.39 Å². The molecule has 0 bridgehead atoms. The fourth-order valence-corrected chi connectivity index (χ4v) is 2.82. The Hall–Kier alpha value is -1.13. The zero-order valence-corrected chi connectivity index (χ0v) is 11.7. The molecule has 3 nitrogen and oxygen atoms in total. The number of hydrogen-bond donors (Lipinski definition) is 1. The van der Waals surface area contributed by atoms with Crippen LogP contribution in [0.2, 0.25) is 0 Å². The summed E-state index contributed by atoms with van der Waals surface area (Å²) in [6.07, 6.45) is 3.87. The van der Waals surface area contributed by atoms with E-state index in [2.05, 4.69) is 0 Å². The number of benzene rings is 1. The van der Waals surface area contributed by atoms with Gasteiger partial charge in [-0.1, -0.05) is 18.9 Å². The van der Waals surface area contributed by atoms with Gasteiger partial charge in [0.1, 0.15) is 11.6 Å². The van der Waals surface area contributed by atoms with Gasteiger partial charge in [0.05, 0.1) is 12.7 Å². The van der Waals surface area contributed by atoms with Crippen molar-refractivity contribution in [2.75, 3.05) is 20.7 Å². The monoisotopic (exact) mass is 267 g/mol. The highest BCUT2D eigenvalue weighted by Crippen LogP contribution is 2.30. The molecule has 0 aromatic heterocycles. The lowest BCUT2D eigenvalue weighted by Gasteiger charge is -2.28. The first-order chi connectivity index (χ1) is 9.02. The summed E-state index contributed by atoms with van der Waals surface area (Å²) in [4.78, 5) is 1.98. The van der Waals surface area contributed by atoms with Crippen molar-refractivity contribution in [1.82, 2.24) is 4.90 Å². The number of nitrogens with zero attached hydrogens (tertiary/aromatic N) is 1. The van der Waals surface area contributed by atoms with E-state index in [1.165, 1.54) is 13.2 Å². The van der Waals surface area contributed by atoms with Crippen molar-refractivity contribution in [3.8, 4) is 5.75 Å². The van der Waals surface area contributed by atoms with E-state index in [0.717, 1.165) is 25.7 Å². The molecular weight excluding hydrogens is 245 g/mol. The number of rotatable bonds is 5. The Morgan fingerprint density at radius 1 is 1.37 bits per heavy atom. The van der Waals surface area contributed by atoms with Gasteiger partial charge in [0.15, 0.2) is 0 Å². The molecule has 0 amide bonds. The summed E-state index contributed by atoms with van der Waals surface area (Å²) in [6.45, 7) is 1.09. The van der Waals surface area contributed by atoms with Gasteiger partial charge in [-0.3, -0.25) is 4.90 Å². The summed E-state index contributed by atoms with van der Waals surface area (Å²) in [5.41, 5.74) is 0.0439. The van der Waals surface area contributed by atoms with Crippen molar-refractivity contribution in [3.63, 3.8) is 0 Å². The number of aliphatic hydroxyl groups is 1. The summed E-state index contributed by atoms with van der Waals surface area (Å²) < 4.78 is 18.8. The van der Waals surface area contributed by atoms with Gasteiger partial charge in [-0.15, -0.1) is 0 Å². The first-order valence-corrected chi connectivity index (χ1v) is 6.76. The molecule has 106 valence electrons. The van der Waals surface area contributed by atoms with Gasteiger partial charge in [-0.05, 0) is 26.0 Å². The van der Waals surface area contributed by atoms with Gasteiger partial charge in [0.2, 0.25) is 0 Å². The molecule has 1 fully saturated rings. The van der Waals surface area contributed by atoms with Crippen LogP contribution < -0.4 is 4.74 Å². The fourth-order valence-electron chi connectivity index (χ4n) is 2.82. The highest BCUT2D eigenvalue weighted by atomic mass is 19.1. The molecule has 1 saturated carbocycles. The Morgan fingerprint density at radius 2 is 2.05 bits per heavy atom. The van der Waals surface area contributed by atoms with E-state index in [1.54, 1.807) is 12.1 Å². The topological polar surface area (TPSA) is 32.7 Å². The minimum Gasteiger partial charge on any atom is -0.497 e. The van der Waals surface area contributed by atoms with Crippen LogP contribution in [-0.4, -0.2) is 36.3 Å². The average Bonchev–Trinajstić information content (AvgIpc) is 2.78. The van der Waals surface area contributed by atoms with Gasteiger partial charge in [-0.2, -0.15) is 0 Å². The average molecular weight is 267 g/mol. The molecule has 0 heterocycles. The molecular formula is C15H22FNO2. The minimum atomic E-state index is -0.586. The molecule has 1 N–H and O–H groups in total. The third-order valence-corrected chi connectivity index (χ3v) is 3.80. The van der Waals surface area contributed by atoms with Crippen LogP contribution in [0.15, 0.2) is 18.2 Å². The zero-order valence-electron chi connectivity index (χ0n) is 11.7. The molecule has 1 aliphatic carbocycles. The Bertz CT molecular complexity index is 430. The van der Waals surface area contributed by atoms with Crippen LogP contribution in [0.5, 0.6) is 5.75 Å². The largest absolute Gasteiger partial charge is 0.497 e. The number of hydrogen-bond acceptors (Lipinski definition) is 3. The van der Waals surface area contributed by atoms with E-state index < -0.39 is 5.60 Å². The molecule has 0 saturated heterocycles. The molecule has 0 spiro atoms. The van der Waals surface area contributed by atoms with Crippen LogP contribution in [0.3, 0.4) is 0 Å². The second-order valence-electron chi connectivity index (χ2n) is 5.56. The van der Waals surface area contributed by atoms with Crippen LogP contribution in [0, 0.1) is 5.82 Å². The molecule has 1 aliphatic rings. The van der Waals surface area contributed by atoms with Crippen molar-refractivity contribution < 1.29 is 14.2 Å². The van der Waals surface area contributed by atoms with Crippen molar-refractivity contribution in [1.29, 1.82) is 0 Å². The van der Waals surface area contributed by atoms with Gasteiger partial charge < -0.3 is 9.84 Å². The van der Waals surface area contributed by atoms with E-state index in [4.69, 9.17) is 4.74 Å².